The predicted octanol–water partition coefficient (Wildman–Crippen LogP) is 4.84. The molecule has 3 rings (SSSR count). The van der Waals surface area contributed by atoms with E-state index in [1.54, 1.807) is 0 Å². The fourth-order valence-electron chi connectivity index (χ4n) is 3.21. The van der Waals surface area contributed by atoms with Gasteiger partial charge in [0.2, 0.25) is 0 Å². The lowest BCUT2D eigenvalue weighted by molar-refractivity contribution is 0.00738. The molecule has 1 saturated heterocycles. The predicted molar refractivity (Wildman–Crippen MR) is 105 cm³/mol. The number of hydrogen-bond donors (Lipinski definition) is 0. The van der Waals surface area contributed by atoms with Crippen molar-refractivity contribution in [3.05, 3.63) is 29.4 Å². The van der Waals surface area contributed by atoms with Crippen LogP contribution in [0.1, 0.15) is 46.5 Å². The summed E-state index contributed by atoms with van der Waals surface area (Å²) in [5, 5.41) is 0.251. The minimum absolute atomic E-state index is 0.0980. The third-order valence-electron chi connectivity index (χ3n) is 4.44. The van der Waals surface area contributed by atoms with Gasteiger partial charge in [-0.1, -0.05) is 23.7 Å². The summed E-state index contributed by atoms with van der Waals surface area (Å²) < 4.78 is 11.3. The average Bonchev–Trinajstić information content (AvgIpc) is 2.61. The van der Waals surface area contributed by atoms with Gasteiger partial charge in [-0.2, -0.15) is 0 Å². The Hall–Kier alpha value is -2.08. The van der Waals surface area contributed by atoms with Crippen molar-refractivity contribution < 1.29 is 14.3 Å². The van der Waals surface area contributed by atoms with Crippen LogP contribution in [-0.2, 0) is 4.74 Å². The maximum Gasteiger partial charge on any atom is 0.410 e. The first-order valence-corrected chi connectivity index (χ1v) is 9.76. The first-order chi connectivity index (χ1) is 12.8. The highest BCUT2D eigenvalue weighted by atomic mass is 35.5. The number of benzene rings is 1. The molecule has 1 aromatic heterocycles. The Labute approximate surface area is 164 Å². The lowest BCUT2D eigenvalue weighted by Gasteiger charge is -2.36. The molecule has 146 valence electrons. The minimum atomic E-state index is -0.496. The van der Waals surface area contributed by atoms with Gasteiger partial charge in [-0.3, -0.25) is 0 Å². The van der Waals surface area contributed by atoms with Crippen LogP contribution in [-0.4, -0.2) is 45.8 Å². The van der Waals surface area contributed by atoms with Gasteiger partial charge in [0.25, 0.3) is 5.88 Å². The van der Waals surface area contributed by atoms with Crippen molar-refractivity contribution in [3.63, 3.8) is 0 Å². The molecule has 1 aliphatic rings. The van der Waals surface area contributed by atoms with Gasteiger partial charge in [0, 0.05) is 19.0 Å². The smallest absolute Gasteiger partial charge is 0.410 e. The van der Waals surface area contributed by atoms with Crippen LogP contribution in [0.2, 0.25) is 5.15 Å². The number of piperidine rings is 1. The van der Waals surface area contributed by atoms with Crippen LogP contribution < -0.4 is 4.74 Å². The zero-order valence-corrected chi connectivity index (χ0v) is 16.8. The molecule has 1 amide bonds. The Kier molecular flexibility index (Phi) is 6.05. The van der Waals surface area contributed by atoms with E-state index in [0.29, 0.717) is 18.9 Å². The van der Waals surface area contributed by atoms with Crippen LogP contribution in [0.4, 0.5) is 4.79 Å². The zero-order chi connectivity index (χ0) is 19.4. The molecule has 0 aliphatic carbocycles. The summed E-state index contributed by atoms with van der Waals surface area (Å²) in [6.07, 6.45) is 3.49. The van der Waals surface area contributed by atoms with E-state index in [4.69, 9.17) is 21.1 Å². The molecule has 1 aromatic carbocycles. The van der Waals surface area contributed by atoms with E-state index in [1.165, 1.54) is 0 Å². The van der Waals surface area contributed by atoms with Gasteiger partial charge in [0.1, 0.15) is 5.60 Å². The summed E-state index contributed by atoms with van der Waals surface area (Å²) in [5.41, 5.74) is 0.979. The number of ether oxygens (including phenoxy) is 2. The van der Waals surface area contributed by atoms with Gasteiger partial charge < -0.3 is 14.4 Å². The molecule has 0 radical (unpaired) electrons. The Morgan fingerprint density at radius 1 is 1.22 bits per heavy atom. The van der Waals surface area contributed by atoms with Crippen molar-refractivity contribution in [2.45, 2.75) is 58.1 Å². The molecule has 7 heteroatoms. The first-order valence-electron chi connectivity index (χ1n) is 9.38. The number of rotatable bonds is 4. The molecule has 0 N–H and O–H groups in total. The van der Waals surface area contributed by atoms with E-state index >= 15 is 0 Å². The molecule has 0 spiro atoms. The number of carbonyl (C=O) groups is 1. The average molecular weight is 392 g/mol. The number of aromatic nitrogens is 2. The van der Waals surface area contributed by atoms with Crippen LogP contribution in [0.3, 0.4) is 0 Å². The topological polar surface area (TPSA) is 64.5 Å². The highest BCUT2D eigenvalue weighted by Crippen LogP contribution is 2.25. The minimum Gasteiger partial charge on any atom is -0.475 e. The molecule has 0 unspecified atom stereocenters. The second-order valence-electron chi connectivity index (χ2n) is 7.77. The Morgan fingerprint density at radius 2 is 1.93 bits per heavy atom. The molecule has 1 fully saturated rings. The number of carbonyl (C=O) groups excluding carboxylic acids is 1. The van der Waals surface area contributed by atoms with Crippen LogP contribution in [0.15, 0.2) is 24.3 Å². The fourth-order valence-corrected chi connectivity index (χ4v) is 3.40. The molecule has 2 aromatic rings. The van der Waals surface area contributed by atoms with Crippen molar-refractivity contribution in [2.75, 3.05) is 13.2 Å². The molecular formula is C20H26ClN3O3. The summed E-state index contributed by atoms with van der Waals surface area (Å²) in [4.78, 5) is 23.1. The first kappa shape index (κ1) is 19.7. The summed E-state index contributed by atoms with van der Waals surface area (Å²) in [6, 6.07) is 7.62. The number of amides is 1. The number of hydrogen-bond acceptors (Lipinski definition) is 5. The Balaban J connectivity index is 1.61. The number of para-hydroxylation sites is 2. The second-order valence-corrected chi connectivity index (χ2v) is 8.13. The maximum atomic E-state index is 12.5. The van der Waals surface area contributed by atoms with E-state index in [2.05, 4.69) is 9.97 Å². The van der Waals surface area contributed by atoms with Gasteiger partial charge in [0.05, 0.1) is 17.6 Å². The second kappa shape index (κ2) is 8.30. The Bertz CT molecular complexity index is 807. The lowest BCUT2D eigenvalue weighted by Crippen LogP contribution is -2.46. The van der Waals surface area contributed by atoms with E-state index in [1.807, 2.05) is 49.9 Å². The number of fused-ring (bicyclic) bond motifs is 1. The largest absolute Gasteiger partial charge is 0.475 e. The van der Waals surface area contributed by atoms with Gasteiger partial charge in [0.15, 0.2) is 5.15 Å². The van der Waals surface area contributed by atoms with Crippen LogP contribution in [0, 0.1) is 0 Å². The van der Waals surface area contributed by atoms with Crippen molar-refractivity contribution in [1.82, 2.24) is 14.9 Å². The number of nitrogens with zero attached hydrogens (tertiary/aromatic N) is 3. The van der Waals surface area contributed by atoms with E-state index in [-0.39, 0.29) is 17.3 Å². The molecule has 27 heavy (non-hydrogen) atoms. The fraction of sp³-hybridized carbons (Fsp3) is 0.550. The summed E-state index contributed by atoms with van der Waals surface area (Å²) in [6.45, 7) is 6.78. The SMILES string of the molecule is CC(C)(C)OC(=O)N1CCCC[C@H]1CCOc1nc2ccccc2nc1Cl. The molecule has 0 bridgehead atoms. The van der Waals surface area contributed by atoms with E-state index in [0.717, 1.165) is 36.8 Å². The standard InChI is InChI=1S/C20H26ClN3O3/c1-20(2,3)27-19(25)24-12-7-6-8-14(24)11-13-26-18-17(21)22-15-9-4-5-10-16(15)23-18/h4-5,9-10,14H,6-8,11-13H2,1-3H3/t14-/m0/s1. The molecule has 1 atom stereocenters. The van der Waals surface area contributed by atoms with Gasteiger partial charge in [-0.15, -0.1) is 0 Å². The van der Waals surface area contributed by atoms with E-state index in [9.17, 15) is 4.79 Å². The van der Waals surface area contributed by atoms with Crippen molar-refractivity contribution in [2.24, 2.45) is 0 Å². The molecule has 1 aliphatic heterocycles. The van der Waals surface area contributed by atoms with Gasteiger partial charge in [-0.25, -0.2) is 14.8 Å². The molecule has 6 nitrogen and oxygen atoms in total. The highest BCUT2D eigenvalue weighted by molar-refractivity contribution is 6.31. The van der Waals surface area contributed by atoms with Crippen molar-refractivity contribution in [3.8, 4) is 5.88 Å². The van der Waals surface area contributed by atoms with Crippen LogP contribution in [0.25, 0.3) is 11.0 Å². The van der Waals surface area contributed by atoms with Gasteiger partial charge in [-0.05, 0) is 52.2 Å². The Morgan fingerprint density at radius 3 is 2.63 bits per heavy atom. The monoisotopic (exact) mass is 391 g/mol. The number of likely N-dealkylation sites (tertiary alicyclic amines) is 1. The molecule has 2 heterocycles. The van der Waals surface area contributed by atoms with Gasteiger partial charge >= 0.3 is 6.09 Å². The molecular weight excluding hydrogens is 366 g/mol. The van der Waals surface area contributed by atoms with Crippen LogP contribution >= 0.6 is 11.6 Å². The summed E-state index contributed by atoms with van der Waals surface area (Å²) >= 11 is 6.19. The normalized spacial score (nSPS) is 17.8. The van der Waals surface area contributed by atoms with E-state index < -0.39 is 5.60 Å². The van der Waals surface area contributed by atoms with Crippen molar-refractivity contribution in [1.29, 1.82) is 0 Å². The summed E-state index contributed by atoms with van der Waals surface area (Å²) in [5.74, 6) is 0.329. The van der Waals surface area contributed by atoms with Crippen LogP contribution in [0.5, 0.6) is 5.88 Å². The third-order valence-corrected chi connectivity index (χ3v) is 4.69. The maximum absolute atomic E-state index is 12.5. The zero-order valence-electron chi connectivity index (χ0n) is 16.1. The third kappa shape index (κ3) is 5.22. The van der Waals surface area contributed by atoms with Crippen molar-refractivity contribution >= 4 is 28.7 Å². The molecule has 0 saturated carbocycles. The highest BCUT2D eigenvalue weighted by Gasteiger charge is 2.30. The lowest BCUT2D eigenvalue weighted by atomic mass is 10.0. The quantitative estimate of drug-likeness (QED) is 0.745. The summed E-state index contributed by atoms with van der Waals surface area (Å²) in [7, 11) is 0. The number of halogens is 1.